The lowest BCUT2D eigenvalue weighted by atomic mass is 9.99. The topological polar surface area (TPSA) is 55.0 Å². The first kappa shape index (κ1) is 68.4. The van der Waals surface area contributed by atoms with Gasteiger partial charge in [0.25, 0.3) is 0 Å². The van der Waals surface area contributed by atoms with Gasteiger partial charge in [0, 0.05) is 98.3 Å². The summed E-state index contributed by atoms with van der Waals surface area (Å²) >= 11 is 0. The zero-order valence-corrected chi connectivity index (χ0v) is 52.0. The van der Waals surface area contributed by atoms with E-state index in [1.807, 2.05) is 4.90 Å². The second kappa shape index (κ2) is 35.7. The smallest absolute Gasteiger partial charge is 0.222 e. The van der Waals surface area contributed by atoms with Crippen LogP contribution in [-0.2, 0) is 14.3 Å². The van der Waals surface area contributed by atoms with E-state index in [9.17, 15) is 4.79 Å². The summed E-state index contributed by atoms with van der Waals surface area (Å²) in [5.74, 6) is 4.46. The van der Waals surface area contributed by atoms with Gasteiger partial charge < -0.3 is 38.9 Å². The van der Waals surface area contributed by atoms with Gasteiger partial charge in [-0.05, 0) is 170 Å². The van der Waals surface area contributed by atoms with E-state index in [-0.39, 0.29) is 13.3 Å². The van der Waals surface area contributed by atoms with Crippen molar-refractivity contribution in [2.24, 2.45) is 35.5 Å². The Balaban J connectivity index is 0.000000243. The molecule has 0 N–H and O–H groups in total. The summed E-state index contributed by atoms with van der Waals surface area (Å²) in [6, 6.07) is 4.66. The van der Waals surface area contributed by atoms with Crippen molar-refractivity contribution < 1.29 is 14.3 Å². The second-order valence-electron chi connectivity index (χ2n) is 27.1. The first-order valence-electron chi connectivity index (χ1n) is 31.8. The van der Waals surface area contributed by atoms with Crippen LogP contribution in [0.25, 0.3) is 0 Å². The number of amides is 1. The van der Waals surface area contributed by atoms with Crippen molar-refractivity contribution in [3.8, 4) is 0 Å². The Morgan fingerprint density at radius 3 is 0.974 bits per heavy atom. The third-order valence-corrected chi connectivity index (χ3v) is 17.0. The van der Waals surface area contributed by atoms with E-state index in [1.54, 1.807) is 0 Å². The van der Waals surface area contributed by atoms with E-state index < -0.39 is 0 Å². The molecule has 6 bridgehead atoms. The van der Waals surface area contributed by atoms with Gasteiger partial charge in [-0.15, -0.1) is 0 Å². The van der Waals surface area contributed by atoms with Gasteiger partial charge in [-0.3, -0.25) is 4.79 Å². The number of piperidine rings is 2. The fourth-order valence-corrected chi connectivity index (χ4v) is 13.7. The zero-order valence-electron chi connectivity index (χ0n) is 52.0. The number of ether oxygens (including phenoxy) is 2. The Bertz CT molecular complexity index is 1580. The number of hydrogen-bond acceptors (Lipinski definition) is 8. The van der Waals surface area contributed by atoms with Crippen molar-refractivity contribution in [3.63, 3.8) is 0 Å². The van der Waals surface area contributed by atoms with E-state index in [2.05, 4.69) is 140 Å². The van der Waals surface area contributed by atoms with Gasteiger partial charge in [-0.25, -0.2) is 0 Å². The highest BCUT2D eigenvalue weighted by atomic mass is 16.5. The Kier molecular flexibility index (Phi) is 31.7. The Morgan fingerprint density at radius 1 is 0.351 bits per heavy atom. The summed E-state index contributed by atoms with van der Waals surface area (Å²) < 4.78 is 10.7. The number of allylic oxidation sites excluding steroid dienone is 5. The minimum absolute atomic E-state index is 0. The van der Waals surface area contributed by atoms with Gasteiger partial charge in [-0.2, -0.15) is 0 Å². The second-order valence-corrected chi connectivity index (χ2v) is 27.1. The molecule has 9 saturated heterocycles. The van der Waals surface area contributed by atoms with Crippen LogP contribution in [-0.4, -0.2) is 137 Å². The third kappa shape index (κ3) is 24.0. The molecule has 9 heterocycles. The fourth-order valence-electron chi connectivity index (χ4n) is 13.7. The number of nitrogens with zero attached hydrogens (tertiary/aromatic N) is 6. The van der Waals surface area contributed by atoms with Crippen LogP contribution in [0.3, 0.4) is 0 Å². The standard InChI is InChI=1S/C13H23N.C12H21NO.C12H21N.C11H21N.C10H19N.C9H17NO2.CH4/c1-10(2)9-11(3)14-12-5-4-6-13(14)8-7-12;1-9(2)6-10(3)13-11-4-5-12(13)8-14-7-11;1-9(2)8-10(3)13-11-4-5-12(13)7-6-11;1-10(2)9-11(3)12-7-5-4-6-8-12;1-9(2)8-10(3)11-6-4-5-7-11;1-8(2)7-9(11)10-3-5-12-6-4-10;/h10,12-13H,3-9H2,1-2H3;9,11-12H,3-8H2,1-2H3;9,11-12H,3-8H2,1-2H3;10H,3-9H2,1-2H3;9H,3-8H2,1-2H3;8H,3-7H2,1-2H3;1H4. The maximum Gasteiger partial charge on any atom is 0.222 e. The van der Waals surface area contributed by atoms with Crippen LogP contribution in [0, 0.1) is 35.5 Å². The Hall–Kier alpha value is -2.91. The number of likely N-dealkylation sites (tertiary alicyclic amines) is 2. The molecule has 0 aromatic heterocycles. The molecule has 446 valence electrons. The predicted molar refractivity (Wildman–Crippen MR) is 333 cm³/mol. The molecule has 0 radical (unpaired) electrons. The molecule has 9 nitrogen and oxygen atoms in total. The third-order valence-electron chi connectivity index (χ3n) is 17.0. The highest BCUT2D eigenvalue weighted by molar-refractivity contribution is 5.76. The molecule has 1 amide bonds. The monoisotopic (exact) mass is 1070 g/mol. The van der Waals surface area contributed by atoms with Crippen LogP contribution in [0.15, 0.2) is 61.4 Å². The molecule has 9 aliphatic heterocycles. The number of carbonyl (C=O) groups is 1. The Morgan fingerprint density at radius 2 is 0.636 bits per heavy atom. The zero-order chi connectivity index (χ0) is 55.9. The number of hydrogen-bond donors (Lipinski definition) is 0. The summed E-state index contributed by atoms with van der Waals surface area (Å²) in [7, 11) is 0. The molecule has 4 atom stereocenters. The Labute approximate surface area is 478 Å². The molecule has 0 aliphatic carbocycles. The molecule has 4 unspecified atom stereocenters. The molecular weight excluding hydrogens is 949 g/mol. The molecule has 9 rings (SSSR count). The number of morpholine rings is 2. The van der Waals surface area contributed by atoms with Crippen LogP contribution >= 0.6 is 0 Å². The van der Waals surface area contributed by atoms with Crippen LogP contribution in [0.2, 0.25) is 0 Å². The van der Waals surface area contributed by atoms with E-state index in [0.29, 0.717) is 43.6 Å². The lowest BCUT2D eigenvalue weighted by molar-refractivity contribution is -0.136. The van der Waals surface area contributed by atoms with Crippen molar-refractivity contribution in [1.29, 1.82) is 0 Å². The predicted octanol–water partition coefficient (Wildman–Crippen LogP) is 16.3. The maximum absolute atomic E-state index is 11.5. The minimum Gasteiger partial charge on any atom is -0.378 e. The summed E-state index contributed by atoms with van der Waals surface area (Å²) in [5.41, 5.74) is 6.84. The maximum atomic E-state index is 11.5. The average molecular weight is 1080 g/mol. The molecule has 9 aliphatic rings. The van der Waals surface area contributed by atoms with Crippen LogP contribution in [0.1, 0.15) is 232 Å². The first-order chi connectivity index (χ1) is 36.1. The van der Waals surface area contributed by atoms with Crippen molar-refractivity contribution >= 4 is 5.91 Å². The average Bonchev–Trinajstić information content (AvgIpc) is 4.22. The van der Waals surface area contributed by atoms with Gasteiger partial charge in [-0.1, -0.05) is 123 Å². The summed E-state index contributed by atoms with van der Waals surface area (Å²) in [4.78, 5) is 26.1. The van der Waals surface area contributed by atoms with Crippen LogP contribution in [0.4, 0.5) is 0 Å². The minimum atomic E-state index is 0. The lowest BCUT2D eigenvalue weighted by Gasteiger charge is -2.38. The molecule has 0 aromatic carbocycles. The lowest BCUT2D eigenvalue weighted by Crippen LogP contribution is -2.44. The van der Waals surface area contributed by atoms with Crippen LogP contribution < -0.4 is 0 Å². The molecule has 0 spiro atoms. The van der Waals surface area contributed by atoms with E-state index in [4.69, 9.17) is 9.47 Å². The molecule has 9 heteroatoms. The van der Waals surface area contributed by atoms with Gasteiger partial charge in [0.1, 0.15) is 0 Å². The SMILES string of the molecule is C.C=C(CC(C)C)N1C2CCC1CC2.C=C(CC(C)C)N1C2CCC1COC2.C=C(CC(C)C)N1C2CCCC1CC2.C=C(CC(C)C)N1CCCC1.C=C(CC(C)C)N1CCCCC1.CC(C)CC(=O)N1CCOCC1. The van der Waals surface area contributed by atoms with Gasteiger partial charge >= 0.3 is 0 Å². The molecular formula is C68H126N6O3. The number of fused-ring (bicyclic) bond motifs is 6. The van der Waals surface area contributed by atoms with Crippen molar-refractivity contribution in [1.82, 2.24) is 29.4 Å². The largest absolute Gasteiger partial charge is 0.378 e. The highest BCUT2D eigenvalue weighted by Gasteiger charge is 2.40. The van der Waals surface area contributed by atoms with E-state index in [1.165, 1.54) is 183 Å². The normalized spacial score (nSPS) is 25.0. The quantitative estimate of drug-likeness (QED) is 0.143. The summed E-state index contributed by atoms with van der Waals surface area (Å²) in [5, 5.41) is 0. The van der Waals surface area contributed by atoms with Gasteiger partial charge in [0.15, 0.2) is 0 Å². The fraction of sp³-hybridized carbons (Fsp3) is 0.838. The first-order valence-corrected chi connectivity index (χ1v) is 31.8. The summed E-state index contributed by atoms with van der Waals surface area (Å²) in [6.07, 6.45) is 28.7. The molecule has 0 aromatic rings. The van der Waals surface area contributed by atoms with Crippen molar-refractivity contribution in [2.75, 3.05) is 65.7 Å². The van der Waals surface area contributed by atoms with E-state index >= 15 is 0 Å². The summed E-state index contributed by atoms with van der Waals surface area (Å²) in [6.45, 7) is 57.5. The molecule has 77 heavy (non-hydrogen) atoms. The van der Waals surface area contributed by atoms with Gasteiger partial charge in [0.05, 0.1) is 38.5 Å². The highest BCUT2D eigenvalue weighted by Crippen LogP contribution is 2.41. The molecule has 9 fully saturated rings. The number of rotatable bonds is 17. The van der Waals surface area contributed by atoms with Crippen LogP contribution in [0.5, 0.6) is 0 Å². The van der Waals surface area contributed by atoms with E-state index in [0.717, 1.165) is 80.6 Å². The van der Waals surface area contributed by atoms with Crippen molar-refractivity contribution in [2.45, 2.75) is 268 Å². The van der Waals surface area contributed by atoms with Gasteiger partial charge in [0.2, 0.25) is 5.91 Å². The number of carbonyl (C=O) groups excluding carboxylic acids is 1. The molecule has 0 saturated carbocycles. The van der Waals surface area contributed by atoms with Crippen molar-refractivity contribution in [3.05, 3.63) is 61.4 Å².